The molecule has 0 saturated carbocycles. The molecule has 0 bridgehead atoms. The van der Waals surface area contributed by atoms with Gasteiger partial charge in [-0.2, -0.15) is 0 Å². The Morgan fingerprint density at radius 1 is 0.333 bits per heavy atom. The number of hydrogen-bond donors (Lipinski definition) is 0. The summed E-state index contributed by atoms with van der Waals surface area (Å²) in [6, 6.07) is 68.4. The molecular weight excluding hydrogens is 1020 g/mol. The number of hydrogen-bond acceptors (Lipinski definition) is 5. The van der Waals surface area contributed by atoms with Crippen LogP contribution in [0.1, 0.15) is 156 Å². The normalized spacial score (nSPS) is 17.9. The first-order valence-corrected chi connectivity index (χ1v) is 31.1. The number of fused-ring (bicyclic) bond motifs is 10. The fraction of sp³-hybridized carbons (Fsp3) is 0.312. The molecule has 0 N–H and O–H groups in total. The van der Waals surface area contributed by atoms with Gasteiger partial charge in [0.2, 0.25) is 0 Å². The Morgan fingerprint density at radius 3 is 1.32 bits per heavy atom. The molecule has 418 valence electrons. The highest BCUT2D eigenvalue weighted by Gasteiger charge is 2.51. The van der Waals surface area contributed by atoms with Crippen LogP contribution in [0, 0.1) is 0 Å². The molecule has 84 heavy (non-hydrogen) atoms. The lowest BCUT2D eigenvalue weighted by Crippen LogP contribution is -2.65. The van der Waals surface area contributed by atoms with Gasteiger partial charge in [0.15, 0.2) is 0 Å². The maximum atomic E-state index is 6.05. The third kappa shape index (κ3) is 7.78. The second-order valence-electron chi connectivity index (χ2n) is 30.2. The van der Waals surface area contributed by atoms with Crippen LogP contribution < -0.4 is 52.4 Å². The smallest absolute Gasteiger partial charge is 0.254 e. The summed E-state index contributed by atoms with van der Waals surface area (Å²) in [4.78, 5) is 16.5. The van der Waals surface area contributed by atoms with E-state index in [1.807, 2.05) is 0 Å². The summed E-state index contributed by atoms with van der Waals surface area (Å²) in [6.45, 7) is 33.7. The van der Waals surface area contributed by atoms with Crippen molar-refractivity contribution in [3.8, 4) is 0 Å². The van der Waals surface area contributed by atoms with Gasteiger partial charge < -0.3 is 14.7 Å². The van der Waals surface area contributed by atoms with Gasteiger partial charge in [0.05, 0.1) is 5.69 Å². The summed E-state index contributed by atoms with van der Waals surface area (Å²) in [5.74, 6) is 1.01. The molecule has 7 heteroatoms. The summed E-state index contributed by atoms with van der Waals surface area (Å²) in [6.07, 6.45) is 4.60. The molecule has 1 aromatic heterocycles. The summed E-state index contributed by atoms with van der Waals surface area (Å²) < 4.78 is 0. The predicted molar refractivity (Wildman–Crippen MR) is 360 cm³/mol. The second-order valence-corrected chi connectivity index (χ2v) is 30.2. The van der Waals surface area contributed by atoms with E-state index in [1.54, 1.807) is 0 Å². The minimum atomic E-state index is -0.270. The van der Waals surface area contributed by atoms with Gasteiger partial charge in [-0.15, -0.1) is 0 Å². The third-order valence-corrected chi connectivity index (χ3v) is 20.8. The van der Waals surface area contributed by atoms with Crippen LogP contribution in [0.15, 0.2) is 176 Å². The van der Waals surface area contributed by atoms with Crippen molar-refractivity contribution in [3.05, 3.63) is 209 Å². The maximum Gasteiger partial charge on any atom is 0.254 e. The summed E-state index contributed by atoms with van der Waals surface area (Å²) in [5, 5.41) is 0. The molecule has 0 atom stereocenters. The molecule has 9 aromatic rings. The van der Waals surface area contributed by atoms with Crippen LogP contribution in [0.25, 0.3) is 0 Å². The molecular formula is C77H79B2N5. The number of aromatic nitrogens is 1. The van der Waals surface area contributed by atoms with Crippen molar-refractivity contribution in [1.29, 1.82) is 0 Å². The average molecular weight is 1100 g/mol. The van der Waals surface area contributed by atoms with Crippen LogP contribution in [0.5, 0.6) is 0 Å². The Bertz CT molecular complexity index is 4200. The predicted octanol–water partition coefficient (Wildman–Crippen LogP) is 16.5. The molecule has 15 rings (SSSR count). The van der Waals surface area contributed by atoms with Gasteiger partial charge in [-0.3, -0.25) is 4.90 Å². The Balaban J connectivity index is 1.09. The highest BCUT2D eigenvalue weighted by Crippen LogP contribution is 2.54. The Hall–Kier alpha value is -7.76. The van der Waals surface area contributed by atoms with Crippen molar-refractivity contribution in [1.82, 2.24) is 4.98 Å². The molecule has 0 fully saturated rings. The highest BCUT2D eigenvalue weighted by molar-refractivity contribution is 7.03. The maximum absolute atomic E-state index is 6.05. The Labute approximate surface area is 501 Å². The van der Waals surface area contributed by atoms with Crippen molar-refractivity contribution in [2.45, 2.75) is 155 Å². The molecule has 8 aromatic carbocycles. The van der Waals surface area contributed by atoms with Gasteiger partial charge in [-0.25, -0.2) is 4.98 Å². The van der Waals surface area contributed by atoms with E-state index in [1.165, 1.54) is 113 Å². The highest BCUT2D eigenvalue weighted by atomic mass is 15.2. The fourth-order valence-electron chi connectivity index (χ4n) is 15.7. The molecule has 0 radical (unpaired) electrons. The molecule has 2 aliphatic carbocycles. The first kappa shape index (κ1) is 53.0. The molecule has 5 heterocycles. The van der Waals surface area contributed by atoms with Gasteiger partial charge in [0.1, 0.15) is 5.82 Å². The summed E-state index contributed by atoms with van der Waals surface area (Å²) in [7, 11) is 0. The first-order valence-electron chi connectivity index (χ1n) is 31.1. The largest absolute Gasteiger partial charge is 0.311 e. The van der Waals surface area contributed by atoms with Crippen LogP contribution in [0.2, 0.25) is 0 Å². The molecule has 6 aliphatic rings. The van der Waals surface area contributed by atoms with Crippen molar-refractivity contribution >= 4 is 115 Å². The zero-order valence-electron chi connectivity index (χ0n) is 52.0. The zero-order chi connectivity index (χ0) is 58.4. The second kappa shape index (κ2) is 17.9. The van der Waals surface area contributed by atoms with Gasteiger partial charge >= 0.3 is 0 Å². The third-order valence-electron chi connectivity index (χ3n) is 20.8. The van der Waals surface area contributed by atoms with Gasteiger partial charge in [0, 0.05) is 68.0 Å². The lowest BCUT2D eigenvalue weighted by atomic mass is 9.30. The number of anilines is 12. The molecule has 0 amide bonds. The molecule has 0 unspecified atom stereocenters. The number of benzene rings is 8. The van der Waals surface area contributed by atoms with Gasteiger partial charge in [0.25, 0.3) is 13.4 Å². The van der Waals surface area contributed by atoms with Crippen molar-refractivity contribution in [2.24, 2.45) is 0 Å². The average Bonchev–Trinajstić information content (AvgIpc) is 0.720. The van der Waals surface area contributed by atoms with E-state index in [-0.39, 0.29) is 45.9 Å². The SMILES string of the molecule is CC(C)(C)c1cc2c3c(c1)N(c1ccccc1)c1cc4c(cc1B3c1ccccc1N2c1ccccc1)B1c2cc3c(cc2N(c2ccc5c(c2)C(C)(C)CCC5(C)C)c2cc(C(C)(C)C)nc(c21)N4c1ccccc1)C(C)(C)CCC3(C)C. The van der Waals surface area contributed by atoms with Crippen LogP contribution in [-0.4, -0.2) is 18.4 Å². The summed E-state index contributed by atoms with van der Waals surface area (Å²) >= 11 is 0. The van der Waals surface area contributed by atoms with Crippen molar-refractivity contribution in [2.75, 3.05) is 19.6 Å². The molecule has 4 aliphatic heterocycles. The minimum absolute atomic E-state index is 0.0117. The van der Waals surface area contributed by atoms with Gasteiger partial charge in [-0.1, -0.05) is 188 Å². The lowest BCUT2D eigenvalue weighted by molar-refractivity contribution is 0.332. The molecule has 0 spiro atoms. The number of nitrogens with zero attached hydrogens (tertiary/aromatic N) is 5. The lowest BCUT2D eigenvalue weighted by Gasteiger charge is -2.49. The van der Waals surface area contributed by atoms with E-state index >= 15 is 0 Å². The number of para-hydroxylation sites is 4. The van der Waals surface area contributed by atoms with E-state index in [0.717, 1.165) is 47.8 Å². The molecule has 0 saturated heterocycles. The van der Waals surface area contributed by atoms with Crippen LogP contribution in [-0.2, 0) is 32.5 Å². The van der Waals surface area contributed by atoms with E-state index in [0.29, 0.717) is 0 Å². The summed E-state index contributed by atoms with van der Waals surface area (Å²) in [5.41, 5.74) is 29.0. The quantitative estimate of drug-likeness (QED) is 0.164. The number of rotatable bonds is 4. The van der Waals surface area contributed by atoms with Crippen LogP contribution in [0.3, 0.4) is 0 Å². The topological polar surface area (TPSA) is 25.9 Å². The van der Waals surface area contributed by atoms with Crippen LogP contribution in [0.4, 0.5) is 68.4 Å². The zero-order valence-corrected chi connectivity index (χ0v) is 52.0. The van der Waals surface area contributed by atoms with E-state index in [9.17, 15) is 0 Å². The Kier molecular flexibility index (Phi) is 11.3. The Morgan fingerprint density at radius 2 is 0.762 bits per heavy atom. The van der Waals surface area contributed by atoms with Crippen molar-refractivity contribution < 1.29 is 0 Å². The van der Waals surface area contributed by atoms with Crippen molar-refractivity contribution in [3.63, 3.8) is 0 Å². The fourth-order valence-corrected chi connectivity index (χ4v) is 15.7. The van der Waals surface area contributed by atoms with E-state index in [4.69, 9.17) is 4.98 Å². The number of pyridine rings is 1. The van der Waals surface area contributed by atoms with Crippen LogP contribution >= 0.6 is 0 Å². The van der Waals surface area contributed by atoms with E-state index < -0.39 is 0 Å². The first-order chi connectivity index (χ1) is 39.9. The standard InChI is InChI=1S/C77H79B2N5/c1-72(2,3)48-40-65-69-66(41-48)82(50-28-20-16-21-29-50)63-46-64-60(45-59(63)78(69)57-32-24-25-33-61(57)81(65)49-26-18-15-19-27-49)79-58-43-55-56(77(13,14)39-38-76(55,11)12)44-62(58)83(52-34-35-53-54(42-52)75(9,10)37-36-74(53,7)8)67-47-68(73(4,5)6)80-71(70(67)79)84(64)51-30-22-17-23-31-51/h15-35,40-47H,36-39H2,1-14H3. The van der Waals surface area contributed by atoms with E-state index in [2.05, 4.69) is 292 Å². The van der Waals surface area contributed by atoms with Gasteiger partial charge in [-0.05, 0) is 198 Å². The monoisotopic (exact) mass is 1100 g/mol. The molecule has 5 nitrogen and oxygen atoms in total. The minimum Gasteiger partial charge on any atom is -0.311 e.